The molecule has 0 aliphatic heterocycles. The number of hydrogen-bond acceptors (Lipinski definition) is 3. The Balaban J connectivity index is 1.69. The average Bonchev–Trinajstić information content (AvgIpc) is 3.14. The first-order valence-electron chi connectivity index (χ1n) is 8.47. The molecular formula is C19H17F3N4O. The first-order valence-corrected chi connectivity index (χ1v) is 8.47. The molecule has 0 saturated carbocycles. The molecule has 0 saturated heterocycles. The molecule has 0 amide bonds. The maximum absolute atomic E-state index is 13.4. The van der Waals surface area contributed by atoms with Crippen molar-refractivity contribution in [3.63, 3.8) is 0 Å². The van der Waals surface area contributed by atoms with Crippen LogP contribution in [0.1, 0.15) is 11.6 Å². The minimum Gasteiger partial charge on any atom is -0.389 e. The van der Waals surface area contributed by atoms with Crippen LogP contribution in [-0.4, -0.2) is 30.3 Å². The lowest BCUT2D eigenvalue weighted by molar-refractivity contribution is -0.147. The summed E-state index contributed by atoms with van der Waals surface area (Å²) >= 11 is 0. The van der Waals surface area contributed by atoms with Crippen LogP contribution in [0.2, 0.25) is 0 Å². The molecule has 0 radical (unpaired) electrons. The number of aryl methyl sites for hydroxylation is 1. The summed E-state index contributed by atoms with van der Waals surface area (Å²) in [6.07, 6.45) is -5.64. The average molecular weight is 374 g/mol. The minimum atomic E-state index is -4.60. The standard InChI is InChI=1S/C19H17F3N4O/c1-12-23-14-6-2-4-8-16(14)25(12)10-13(27)11-26-17-9-5-3-7-15(17)24-18(26)19(20,21)22/h2-9,13,27H,10-11H2,1H3/t13-/m1/s1. The number of rotatable bonds is 4. The minimum absolute atomic E-state index is 0.135. The molecule has 5 nitrogen and oxygen atoms in total. The van der Waals surface area contributed by atoms with Crippen LogP contribution in [0.3, 0.4) is 0 Å². The maximum atomic E-state index is 13.4. The van der Waals surface area contributed by atoms with Crippen molar-refractivity contribution in [2.45, 2.75) is 32.3 Å². The molecule has 4 aromatic rings. The van der Waals surface area contributed by atoms with Crippen molar-refractivity contribution in [2.75, 3.05) is 0 Å². The fourth-order valence-corrected chi connectivity index (χ4v) is 3.38. The van der Waals surface area contributed by atoms with E-state index in [-0.39, 0.29) is 18.6 Å². The Bertz CT molecular complexity index is 1110. The third kappa shape index (κ3) is 3.16. The molecule has 0 spiro atoms. The van der Waals surface area contributed by atoms with E-state index in [0.29, 0.717) is 11.3 Å². The first-order chi connectivity index (χ1) is 12.8. The van der Waals surface area contributed by atoms with Crippen molar-refractivity contribution in [2.24, 2.45) is 0 Å². The van der Waals surface area contributed by atoms with Crippen molar-refractivity contribution >= 4 is 22.1 Å². The maximum Gasteiger partial charge on any atom is 0.449 e. The van der Waals surface area contributed by atoms with E-state index in [0.717, 1.165) is 15.6 Å². The quantitative estimate of drug-likeness (QED) is 0.592. The number of hydrogen-bond donors (Lipinski definition) is 1. The molecule has 27 heavy (non-hydrogen) atoms. The van der Waals surface area contributed by atoms with Gasteiger partial charge in [-0.3, -0.25) is 0 Å². The van der Waals surface area contributed by atoms with Crippen LogP contribution in [-0.2, 0) is 19.3 Å². The summed E-state index contributed by atoms with van der Waals surface area (Å²) < 4.78 is 43.1. The number of benzene rings is 2. The Kier molecular flexibility index (Phi) is 4.15. The zero-order valence-corrected chi connectivity index (χ0v) is 14.5. The third-order valence-corrected chi connectivity index (χ3v) is 4.54. The predicted octanol–water partition coefficient (Wildman–Crippen LogP) is 3.77. The SMILES string of the molecule is Cc1nc2ccccc2n1C[C@@H](O)Cn1c(C(F)(F)F)nc2ccccc21. The number of aliphatic hydroxyl groups is 1. The number of aliphatic hydroxyl groups excluding tert-OH is 1. The van der Waals surface area contributed by atoms with Gasteiger partial charge in [0.2, 0.25) is 5.82 Å². The second-order valence-corrected chi connectivity index (χ2v) is 6.44. The van der Waals surface area contributed by atoms with Gasteiger partial charge in [0.15, 0.2) is 0 Å². The second kappa shape index (κ2) is 6.38. The summed E-state index contributed by atoms with van der Waals surface area (Å²) in [5.74, 6) is -0.309. The highest BCUT2D eigenvalue weighted by Crippen LogP contribution is 2.31. The van der Waals surface area contributed by atoms with Crippen LogP contribution in [0.15, 0.2) is 48.5 Å². The van der Waals surface area contributed by atoms with E-state index >= 15 is 0 Å². The van der Waals surface area contributed by atoms with Gasteiger partial charge in [0.1, 0.15) is 5.82 Å². The van der Waals surface area contributed by atoms with Crippen LogP contribution in [0.5, 0.6) is 0 Å². The lowest BCUT2D eigenvalue weighted by atomic mass is 10.2. The summed E-state index contributed by atoms with van der Waals surface area (Å²) in [6.45, 7) is 1.72. The number of fused-ring (bicyclic) bond motifs is 2. The van der Waals surface area contributed by atoms with Gasteiger partial charge in [-0.05, 0) is 31.2 Å². The van der Waals surface area contributed by atoms with E-state index in [1.165, 1.54) is 6.07 Å². The number of nitrogens with zero attached hydrogens (tertiary/aromatic N) is 4. The lowest BCUT2D eigenvalue weighted by Gasteiger charge is -2.17. The monoisotopic (exact) mass is 374 g/mol. The van der Waals surface area contributed by atoms with Crippen molar-refractivity contribution in [1.82, 2.24) is 19.1 Å². The number of alkyl halides is 3. The van der Waals surface area contributed by atoms with Gasteiger partial charge >= 0.3 is 6.18 Å². The van der Waals surface area contributed by atoms with Gasteiger partial charge in [-0.15, -0.1) is 0 Å². The van der Waals surface area contributed by atoms with Crippen LogP contribution in [0, 0.1) is 6.92 Å². The van der Waals surface area contributed by atoms with E-state index in [1.807, 2.05) is 28.8 Å². The van der Waals surface area contributed by atoms with E-state index in [4.69, 9.17) is 0 Å². The Morgan fingerprint density at radius 1 is 0.889 bits per heavy atom. The highest BCUT2D eigenvalue weighted by molar-refractivity contribution is 5.76. The highest BCUT2D eigenvalue weighted by atomic mass is 19.4. The Hall–Kier alpha value is -2.87. The fraction of sp³-hybridized carbons (Fsp3) is 0.263. The molecule has 4 rings (SSSR count). The molecule has 0 aliphatic rings. The van der Waals surface area contributed by atoms with Crippen molar-refractivity contribution in [3.05, 3.63) is 60.2 Å². The normalized spacial score (nSPS) is 13.5. The largest absolute Gasteiger partial charge is 0.449 e. The lowest BCUT2D eigenvalue weighted by Crippen LogP contribution is -2.26. The van der Waals surface area contributed by atoms with Crippen molar-refractivity contribution < 1.29 is 18.3 Å². The molecule has 2 heterocycles. The van der Waals surface area contributed by atoms with Gasteiger partial charge in [0, 0.05) is 0 Å². The van der Waals surface area contributed by atoms with E-state index in [9.17, 15) is 18.3 Å². The van der Waals surface area contributed by atoms with Gasteiger partial charge in [0.05, 0.1) is 41.3 Å². The topological polar surface area (TPSA) is 55.9 Å². The molecule has 1 atom stereocenters. The number of imidazole rings is 2. The fourth-order valence-electron chi connectivity index (χ4n) is 3.38. The Morgan fingerprint density at radius 2 is 1.41 bits per heavy atom. The Labute approximate surface area is 152 Å². The summed E-state index contributed by atoms with van der Waals surface area (Å²) in [5.41, 5.74) is 2.21. The zero-order chi connectivity index (χ0) is 19.2. The van der Waals surface area contributed by atoms with Crippen LogP contribution in [0.25, 0.3) is 22.1 Å². The second-order valence-electron chi connectivity index (χ2n) is 6.44. The summed E-state index contributed by atoms with van der Waals surface area (Å²) in [4.78, 5) is 8.13. The van der Waals surface area contributed by atoms with E-state index in [1.54, 1.807) is 25.1 Å². The van der Waals surface area contributed by atoms with Gasteiger partial charge in [-0.25, -0.2) is 9.97 Å². The molecule has 0 bridgehead atoms. The molecule has 2 aromatic heterocycles. The summed E-state index contributed by atoms with van der Waals surface area (Å²) in [5, 5.41) is 10.6. The van der Waals surface area contributed by atoms with Crippen LogP contribution >= 0.6 is 0 Å². The predicted molar refractivity (Wildman–Crippen MR) is 95.2 cm³/mol. The highest BCUT2D eigenvalue weighted by Gasteiger charge is 2.38. The molecule has 0 unspecified atom stereocenters. The summed E-state index contributed by atoms with van der Waals surface area (Å²) in [6, 6.07) is 13.8. The van der Waals surface area contributed by atoms with Gasteiger partial charge < -0.3 is 14.2 Å². The molecular weight excluding hydrogens is 357 g/mol. The first kappa shape index (κ1) is 17.5. The van der Waals surface area contributed by atoms with Crippen LogP contribution < -0.4 is 0 Å². The number of para-hydroxylation sites is 4. The van der Waals surface area contributed by atoms with Gasteiger partial charge in [-0.1, -0.05) is 24.3 Å². The number of halogens is 3. The molecule has 8 heteroatoms. The van der Waals surface area contributed by atoms with E-state index in [2.05, 4.69) is 9.97 Å². The van der Waals surface area contributed by atoms with Gasteiger partial charge in [-0.2, -0.15) is 13.2 Å². The van der Waals surface area contributed by atoms with Gasteiger partial charge in [0.25, 0.3) is 0 Å². The van der Waals surface area contributed by atoms with Crippen molar-refractivity contribution in [1.29, 1.82) is 0 Å². The molecule has 2 aromatic carbocycles. The molecule has 0 aliphatic carbocycles. The van der Waals surface area contributed by atoms with E-state index < -0.39 is 18.1 Å². The third-order valence-electron chi connectivity index (χ3n) is 4.54. The molecule has 1 N–H and O–H groups in total. The summed E-state index contributed by atoms with van der Waals surface area (Å²) in [7, 11) is 0. The number of aromatic nitrogens is 4. The molecule has 0 fully saturated rings. The van der Waals surface area contributed by atoms with Crippen molar-refractivity contribution in [3.8, 4) is 0 Å². The zero-order valence-electron chi connectivity index (χ0n) is 14.5. The molecule has 140 valence electrons. The smallest absolute Gasteiger partial charge is 0.389 e. The Morgan fingerprint density at radius 3 is 2.04 bits per heavy atom. The van der Waals surface area contributed by atoms with Crippen LogP contribution in [0.4, 0.5) is 13.2 Å².